The summed E-state index contributed by atoms with van der Waals surface area (Å²) in [7, 11) is 0. The molecule has 1 aromatic carbocycles. The van der Waals surface area contributed by atoms with Crippen LogP contribution < -0.4 is 4.74 Å². The lowest BCUT2D eigenvalue weighted by Gasteiger charge is -2.14. The third kappa shape index (κ3) is 2.38. The van der Waals surface area contributed by atoms with Crippen molar-refractivity contribution in [1.29, 1.82) is 0 Å². The van der Waals surface area contributed by atoms with E-state index in [1.807, 2.05) is 0 Å². The molecule has 18 heavy (non-hydrogen) atoms. The van der Waals surface area contributed by atoms with Crippen molar-refractivity contribution in [1.82, 2.24) is 0 Å². The minimum atomic E-state index is -0.944. The second kappa shape index (κ2) is 5.48. The summed E-state index contributed by atoms with van der Waals surface area (Å²) in [5.41, 5.74) is 0.250. The van der Waals surface area contributed by atoms with Crippen LogP contribution in [0.25, 0.3) is 0 Å². The molecule has 0 amide bonds. The molecule has 98 valence electrons. The lowest BCUT2D eigenvalue weighted by molar-refractivity contribution is 0.0683. The fourth-order valence-corrected chi connectivity index (χ4v) is 2.13. The first kappa shape index (κ1) is 13.0. The van der Waals surface area contributed by atoms with Gasteiger partial charge in [0.25, 0.3) is 0 Å². The smallest absolute Gasteiger partial charge is 0.200 e. The molecule has 1 heterocycles. The van der Waals surface area contributed by atoms with Gasteiger partial charge in [0, 0.05) is 5.56 Å². The van der Waals surface area contributed by atoms with Gasteiger partial charge in [-0.15, -0.1) is 6.58 Å². The van der Waals surface area contributed by atoms with Gasteiger partial charge in [-0.3, -0.25) is 0 Å². The highest BCUT2D eigenvalue weighted by molar-refractivity contribution is 5.32. The number of halogens is 2. The summed E-state index contributed by atoms with van der Waals surface area (Å²) >= 11 is 0. The summed E-state index contributed by atoms with van der Waals surface area (Å²) in [4.78, 5) is 0. The molecule has 0 bridgehead atoms. The minimum Gasteiger partial charge on any atom is -0.491 e. The Labute approximate surface area is 105 Å². The van der Waals surface area contributed by atoms with Crippen LogP contribution in [0, 0.1) is 11.6 Å². The van der Waals surface area contributed by atoms with E-state index in [2.05, 4.69) is 6.58 Å². The predicted molar refractivity (Wildman–Crippen MR) is 64.6 cm³/mol. The standard InChI is InChI=1S/C14H16F2O2/c1-3-9-5-7-11(18-9)10-6-8-12(17-4-2)14(16)13(10)15/h3,6,8-9,11H,1,4-5,7H2,2H3. The highest BCUT2D eigenvalue weighted by atomic mass is 19.2. The molecule has 0 spiro atoms. The topological polar surface area (TPSA) is 18.5 Å². The average molecular weight is 254 g/mol. The fourth-order valence-electron chi connectivity index (χ4n) is 2.13. The van der Waals surface area contributed by atoms with Gasteiger partial charge in [0.15, 0.2) is 11.6 Å². The summed E-state index contributed by atoms with van der Waals surface area (Å²) in [5, 5.41) is 0. The van der Waals surface area contributed by atoms with Crippen molar-refractivity contribution in [3.8, 4) is 5.75 Å². The minimum absolute atomic E-state index is 0.0583. The summed E-state index contributed by atoms with van der Waals surface area (Å²) in [6, 6.07) is 2.97. The Morgan fingerprint density at radius 3 is 2.78 bits per heavy atom. The van der Waals surface area contributed by atoms with Crippen LogP contribution in [0.4, 0.5) is 8.78 Å². The summed E-state index contributed by atoms with van der Waals surface area (Å²) < 4.78 is 38.2. The fraction of sp³-hybridized carbons (Fsp3) is 0.429. The van der Waals surface area contributed by atoms with E-state index in [-0.39, 0.29) is 17.4 Å². The van der Waals surface area contributed by atoms with Crippen LogP contribution in [-0.4, -0.2) is 12.7 Å². The Bertz CT molecular complexity index is 446. The Morgan fingerprint density at radius 2 is 2.17 bits per heavy atom. The van der Waals surface area contributed by atoms with Crippen LogP contribution in [0.15, 0.2) is 24.8 Å². The van der Waals surface area contributed by atoms with Crippen LogP contribution >= 0.6 is 0 Å². The maximum atomic E-state index is 13.9. The highest BCUT2D eigenvalue weighted by Crippen LogP contribution is 2.36. The summed E-state index contributed by atoms with van der Waals surface area (Å²) in [6.07, 6.45) is 2.65. The number of benzene rings is 1. The summed E-state index contributed by atoms with van der Waals surface area (Å²) in [6.45, 7) is 5.66. The Hall–Kier alpha value is -1.42. The Morgan fingerprint density at radius 1 is 1.39 bits per heavy atom. The molecular weight excluding hydrogens is 238 g/mol. The maximum absolute atomic E-state index is 13.9. The van der Waals surface area contributed by atoms with Gasteiger partial charge in [-0.05, 0) is 31.9 Å². The van der Waals surface area contributed by atoms with Gasteiger partial charge >= 0.3 is 0 Å². The zero-order valence-corrected chi connectivity index (χ0v) is 10.3. The van der Waals surface area contributed by atoms with Gasteiger partial charge in [0.05, 0.1) is 18.8 Å². The maximum Gasteiger partial charge on any atom is 0.200 e. The lowest BCUT2D eigenvalue weighted by atomic mass is 10.0. The molecule has 1 saturated heterocycles. The molecule has 2 unspecified atom stereocenters. The van der Waals surface area contributed by atoms with Crippen molar-refractivity contribution in [3.05, 3.63) is 42.0 Å². The van der Waals surface area contributed by atoms with E-state index in [0.29, 0.717) is 13.0 Å². The third-order valence-corrected chi connectivity index (χ3v) is 3.04. The molecule has 0 aromatic heterocycles. The molecule has 0 aliphatic carbocycles. The second-order valence-corrected chi connectivity index (χ2v) is 4.19. The zero-order chi connectivity index (χ0) is 13.1. The van der Waals surface area contributed by atoms with Crippen LogP contribution in [0.5, 0.6) is 5.75 Å². The number of rotatable bonds is 4. The van der Waals surface area contributed by atoms with Gasteiger partial charge in [-0.2, -0.15) is 4.39 Å². The molecule has 0 saturated carbocycles. The van der Waals surface area contributed by atoms with Crippen LogP contribution in [0.2, 0.25) is 0 Å². The molecule has 4 heteroatoms. The van der Waals surface area contributed by atoms with Gasteiger partial charge in [-0.25, -0.2) is 4.39 Å². The number of ether oxygens (including phenoxy) is 2. The molecule has 2 nitrogen and oxygen atoms in total. The van der Waals surface area contributed by atoms with Crippen molar-refractivity contribution in [3.63, 3.8) is 0 Å². The molecule has 0 N–H and O–H groups in total. The molecule has 1 aromatic rings. The van der Waals surface area contributed by atoms with E-state index >= 15 is 0 Å². The van der Waals surface area contributed by atoms with Crippen molar-refractivity contribution in [2.24, 2.45) is 0 Å². The normalized spacial score (nSPS) is 23.1. The highest BCUT2D eigenvalue weighted by Gasteiger charge is 2.28. The van der Waals surface area contributed by atoms with Gasteiger partial charge in [0.2, 0.25) is 5.82 Å². The Kier molecular flexibility index (Phi) is 3.97. The summed E-state index contributed by atoms with van der Waals surface area (Å²) in [5.74, 6) is -1.88. The van der Waals surface area contributed by atoms with E-state index in [4.69, 9.17) is 9.47 Å². The van der Waals surface area contributed by atoms with Crippen LogP contribution in [0.1, 0.15) is 31.4 Å². The van der Waals surface area contributed by atoms with Gasteiger partial charge < -0.3 is 9.47 Å². The van der Waals surface area contributed by atoms with E-state index in [1.165, 1.54) is 12.1 Å². The SMILES string of the molecule is C=CC1CCC(c2ccc(OCC)c(F)c2F)O1. The quantitative estimate of drug-likeness (QED) is 0.761. The molecule has 1 aliphatic rings. The molecule has 1 aliphatic heterocycles. The first-order chi connectivity index (χ1) is 8.67. The largest absolute Gasteiger partial charge is 0.491 e. The molecular formula is C14H16F2O2. The average Bonchev–Trinajstić information content (AvgIpc) is 2.84. The van der Waals surface area contributed by atoms with E-state index in [1.54, 1.807) is 13.0 Å². The zero-order valence-electron chi connectivity index (χ0n) is 10.3. The van der Waals surface area contributed by atoms with E-state index in [9.17, 15) is 8.78 Å². The molecule has 1 fully saturated rings. The van der Waals surface area contributed by atoms with Crippen molar-refractivity contribution >= 4 is 0 Å². The molecule has 0 radical (unpaired) electrons. The Balaban J connectivity index is 2.24. The number of hydrogen-bond acceptors (Lipinski definition) is 2. The van der Waals surface area contributed by atoms with Crippen LogP contribution in [-0.2, 0) is 4.74 Å². The number of hydrogen-bond donors (Lipinski definition) is 0. The van der Waals surface area contributed by atoms with Gasteiger partial charge in [0.1, 0.15) is 0 Å². The second-order valence-electron chi connectivity index (χ2n) is 4.19. The van der Waals surface area contributed by atoms with E-state index < -0.39 is 17.7 Å². The van der Waals surface area contributed by atoms with Gasteiger partial charge in [-0.1, -0.05) is 6.08 Å². The predicted octanol–water partition coefficient (Wildman–Crippen LogP) is 3.77. The van der Waals surface area contributed by atoms with Crippen molar-refractivity contribution < 1.29 is 18.3 Å². The third-order valence-electron chi connectivity index (χ3n) is 3.04. The molecule has 2 atom stereocenters. The molecule has 2 rings (SSSR count). The van der Waals surface area contributed by atoms with Crippen molar-refractivity contribution in [2.75, 3.05) is 6.61 Å². The lowest BCUT2D eigenvalue weighted by Crippen LogP contribution is -2.06. The van der Waals surface area contributed by atoms with E-state index in [0.717, 1.165) is 6.42 Å². The van der Waals surface area contributed by atoms with Crippen LogP contribution in [0.3, 0.4) is 0 Å². The monoisotopic (exact) mass is 254 g/mol. The first-order valence-electron chi connectivity index (χ1n) is 6.06. The van der Waals surface area contributed by atoms with Crippen molar-refractivity contribution in [2.45, 2.75) is 32.0 Å². The first-order valence-corrected chi connectivity index (χ1v) is 6.06.